The zero-order valence-corrected chi connectivity index (χ0v) is 13.1. The second kappa shape index (κ2) is 5.78. The monoisotopic (exact) mass is 314 g/mol. The number of carbonyl (C=O) groups excluding carboxylic acids is 1. The van der Waals surface area contributed by atoms with Gasteiger partial charge in [0.05, 0.1) is 24.0 Å². The second-order valence-electron chi connectivity index (χ2n) is 6.02. The lowest BCUT2D eigenvalue weighted by Crippen LogP contribution is -2.45. The molecule has 1 amide bonds. The lowest BCUT2D eigenvalue weighted by atomic mass is 9.88. The highest BCUT2D eigenvalue weighted by atomic mass is 32.1. The first-order valence-corrected chi connectivity index (χ1v) is 8.50. The van der Waals surface area contributed by atoms with Crippen LogP contribution in [0.25, 0.3) is 0 Å². The van der Waals surface area contributed by atoms with Gasteiger partial charge in [-0.2, -0.15) is 0 Å². The average Bonchev–Trinajstić information content (AvgIpc) is 3.19. The standard InChI is InChI=1S/C16H18N4OS/c21-16-15-10-19(9-14-2-1-5-22-14)8-12(15)3-4-20(16)13-6-17-11-18-7-13/h1-2,5-7,11-12,15H,3-4,8-10H2/t12-,15-/m1/s1. The summed E-state index contributed by atoms with van der Waals surface area (Å²) in [6.45, 7) is 3.64. The third-order valence-electron chi connectivity index (χ3n) is 4.64. The van der Waals surface area contributed by atoms with E-state index in [1.54, 1.807) is 23.7 Å². The maximum absolute atomic E-state index is 12.8. The van der Waals surface area contributed by atoms with Crippen molar-refractivity contribution < 1.29 is 4.79 Å². The molecular formula is C16H18N4OS. The molecule has 0 radical (unpaired) electrons. The Balaban J connectivity index is 1.47. The van der Waals surface area contributed by atoms with Gasteiger partial charge in [0.15, 0.2) is 0 Å². The number of rotatable bonds is 3. The van der Waals surface area contributed by atoms with Crippen molar-refractivity contribution in [3.05, 3.63) is 41.1 Å². The third-order valence-corrected chi connectivity index (χ3v) is 5.50. The summed E-state index contributed by atoms with van der Waals surface area (Å²) in [5.74, 6) is 0.849. The minimum absolute atomic E-state index is 0.119. The van der Waals surface area contributed by atoms with Crippen LogP contribution in [-0.4, -0.2) is 40.4 Å². The van der Waals surface area contributed by atoms with Crippen LogP contribution in [0.15, 0.2) is 36.2 Å². The zero-order valence-electron chi connectivity index (χ0n) is 12.3. The van der Waals surface area contributed by atoms with Crippen molar-refractivity contribution in [3.63, 3.8) is 0 Å². The van der Waals surface area contributed by atoms with Crippen LogP contribution in [0.5, 0.6) is 0 Å². The minimum Gasteiger partial charge on any atom is -0.309 e. The molecule has 4 heterocycles. The average molecular weight is 314 g/mol. The van der Waals surface area contributed by atoms with E-state index in [9.17, 15) is 4.79 Å². The van der Waals surface area contributed by atoms with Crippen LogP contribution in [0.3, 0.4) is 0 Å². The maximum Gasteiger partial charge on any atom is 0.231 e. The van der Waals surface area contributed by atoms with Crippen LogP contribution in [0, 0.1) is 11.8 Å². The molecule has 0 unspecified atom stereocenters. The highest BCUT2D eigenvalue weighted by molar-refractivity contribution is 7.09. The van der Waals surface area contributed by atoms with E-state index in [0.29, 0.717) is 5.92 Å². The van der Waals surface area contributed by atoms with Crippen LogP contribution >= 0.6 is 11.3 Å². The van der Waals surface area contributed by atoms with Crippen molar-refractivity contribution in [2.45, 2.75) is 13.0 Å². The van der Waals surface area contributed by atoms with Crippen molar-refractivity contribution in [2.24, 2.45) is 11.8 Å². The first-order chi connectivity index (χ1) is 10.8. The topological polar surface area (TPSA) is 49.3 Å². The Labute approximate surface area is 133 Å². The number of carbonyl (C=O) groups is 1. The molecule has 0 saturated carbocycles. The first kappa shape index (κ1) is 13.8. The van der Waals surface area contributed by atoms with Gasteiger partial charge in [0.1, 0.15) is 6.33 Å². The van der Waals surface area contributed by atoms with Crippen LogP contribution in [0.1, 0.15) is 11.3 Å². The van der Waals surface area contributed by atoms with Gasteiger partial charge < -0.3 is 4.90 Å². The van der Waals surface area contributed by atoms with Gasteiger partial charge >= 0.3 is 0 Å². The van der Waals surface area contributed by atoms with E-state index < -0.39 is 0 Å². The van der Waals surface area contributed by atoms with Gasteiger partial charge in [-0.25, -0.2) is 9.97 Å². The molecule has 2 aromatic rings. The fourth-order valence-corrected chi connectivity index (χ4v) is 4.32. The Morgan fingerprint density at radius 3 is 2.91 bits per heavy atom. The summed E-state index contributed by atoms with van der Waals surface area (Å²) in [7, 11) is 0. The van der Waals surface area contributed by atoms with Gasteiger partial charge in [0, 0.05) is 31.1 Å². The number of anilines is 1. The SMILES string of the molecule is O=C1[C@@H]2CN(Cc3cccs3)C[C@H]2CCN1c1cncnc1. The normalized spacial score (nSPS) is 25.5. The number of piperidine rings is 1. The number of nitrogens with zero attached hydrogens (tertiary/aromatic N) is 4. The predicted octanol–water partition coefficient (Wildman–Crippen LogP) is 2.02. The highest BCUT2D eigenvalue weighted by Gasteiger charge is 2.43. The van der Waals surface area contributed by atoms with E-state index in [1.165, 1.54) is 11.2 Å². The molecule has 2 aliphatic rings. The molecule has 4 rings (SSSR count). The number of thiophene rings is 1. The van der Waals surface area contributed by atoms with E-state index in [4.69, 9.17) is 0 Å². The minimum atomic E-state index is 0.119. The first-order valence-electron chi connectivity index (χ1n) is 7.62. The summed E-state index contributed by atoms with van der Waals surface area (Å²) in [5, 5.41) is 2.11. The fraction of sp³-hybridized carbons (Fsp3) is 0.438. The Bertz CT molecular complexity index is 645. The van der Waals surface area contributed by atoms with E-state index in [1.807, 2.05) is 4.90 Å². The van der Waals surface area contributed by atoms with Gasteiger partial charge in [0.25, 0.3) is 0 Å². The molecule has 5 nitrogen and oxygen atoms in total. The Kier molecular flexibility index (Phi) is 3.63. The molecular weight excluding hydrogens is 296 g/mol. The van der Waals surface area contributed by atoms with E-state index in [0.717, 1.165) is 38.3 Å². The molecule has 2 atom stereocenters. The van der Waals surface area contributed by atoms with Gasteiger partial charge in [-0.15, -0.1) is 11.3 Å². The summed E-state index contributed by atoms with van der Waals surface area (Å²) in [5.41, 5.74) is 0.822. The maximum atomic E-state index is 12.8. The Morgan fingerprint density at radius 2 is 2.14 bits per heavy atom. The molecule has 0 bridgehead atoms. The summed E-state index contributed by atoms with van der Waals surface area (Å²) < 4.78 is 0. The van der Waals surface area contributed by atoms with E-state index in [2.05, 4.69) is 32.4 Å². The van der Waals surface area contributed by atoms with Crippen LogP contribution < -0.4 is 4.90 Å². The molecule has 2 aromatic heterocycles. The number of hydrogen-bond donors (Lipinski definition) is 0. The second-order valence-corrected chi connectivity index (χ2v) is 7.05. The molecule has 0 spiro atoms. The Hall–Kier alpha value is -1.79. The van der Waals surface area contributed by atoms with Crippen molar-refractivity contribution >= 4 is 22.9 Å². The molecule has 2 saturated heterocycles. The van der Waals surface area contributed by atoms with Gasteiger partial charge in [-0.05, 0) is 23.8 Å². The fourth-order valence-electron chi connectivity index (χ4n) is 3.58. The van der Waals surface area contributed by atoms with Crippen LogP contribution in [0.4, 0.5) is 5.69 Å². The molecule has 6 heteroatoms. The van der Waals surface area contributed by atoms with Gasteiger partial charge in [0.2, 0.25) is 5.91 Å². The van der Waals surface area contributed by atoms with Gasteiger partial charge in [-0.3, -0.25) is 9.69 Å². The Morgan fingerprint density at radius 1 is 1.27 bits per heavy atom. The van der Waals surface area contributed by atoms with Crippen LogP contribution in [-0.2, 0) is 11.3 Å². The van der Waals surface area contributed by atoms with E-state index >= 15 is 0 Å². The lowest BCUT2D eigenvalue weighted by Gasteiger charge is -2.33. The van der Waals surface area contributed by atoms with Crippen molar-refractivity contribution in [1.82, 2.24) is 14.9 Å². The highest BCUT2D eigenvalue weighted by Crippen LogP contribution is 2.34. The lowest BCUT2D eigenvalue weighted by molar-refractivity contribution is -0.124. The predicted molar refractivity (Wildman–Crippen MR) is 85.6 cm³/mol. The number of likely N-dealkylation sites (tertiary alicyclic amines) is 1. The molecule has 2 aliphatic heterocycles. The molecule has 0 aromatic carbocycles. The van der Waals surface area contributed by atoms with Gasteiger partial charge in [-0.1, -0.05) is 6.07 Å². The summed E-state index contributed by atoms with van der Waals surface area (Å²) >= 11 is 1.79. The molecule has 0 aliphatic carbocycles. The number of aromatic nitrogens is 2. The smallest absolute Gasteiger partial charge is 0.231 e. The zero-order chi connectivity index (χ0) is 14.9. The van der Waals surface area contributed by atoms with E-state index in [-0.39, 0.29) is 11.8 Å². The van der Waals surface area contributed by atoms with Crippen molar-refractivity contribution in [1.29, 1.82) is 0 Å². The largest absolute Gasteiger partial charge is 0.309 e. The molecule has 114 valence electrons. The third kappa shape index (κ3) is 2.53. The van der Waals surface area contributed by atoms with Crippen molar-refractivity contribution in [3.8, 4) is 0 Å². The molecule has 0 N–H and O–H groups in total. The number of hydrogen-bond acceptors (Lipinski definition) is 5. The molecule has 22 heavy (non-hydrogen) atoms. The summed E-state index contributed by atoms with van der Waals surface area (Å²) in [6.07, 6.45) is 6.01. The number of fused-ring (bicyclic) bond motifs is 1. The molecule has 2 fully saturated rings. The summed E-state index contributed by atoms with van der Waals surface area (Å²) in [6, 6.07) is 4.26. The quantitative estimate of drug-likeness (QED) is 0.870. The summed E-state index contributed by atoms with van der Waals surface area (Å²) in [4.78, 5) is 26.5. The van der Waals surface area contributed by atoms with Crippen LogP contribution in [0.2, 0.25) is 0 Å². The van der Waals surface area contributed by atoms with Crippen molar-refractivity contribution in [2.75, 3.05) is 24.5 Å². The number of amides is 1.